The summed E-state index contributed by atoms with van der Waals surface area (Å²) in [6.07, 6.45) is 8.11. The molecule has 3 heteroatoms. The fourth-order valence-corrected chi connectivity index (χ4v) is 2.53. The van der Waals surface area contributed by atoms with Gasteiger partial charge in [-0.05, 0) is 37.5 Å². The molecule has 0 aromatic heterocycles. The van der Waals surface area contributed by atoms with E-state index in [1.165, 1.54) is 24.8 Å². The highest BCUT2D eigenvalue weighted by molar-refractivity contribution is 5.75. The Morgan fingerprint density at radius 2 is 1.63 bits per heavy atom. The first-order chi connectivity index (χ1) is 8.99. The second kappa shape index (κ2) is 8.23. The van der Waals surface area contributed by atoms with Gasteiger partial charge in [-0.1, -0.05) is 39.7 Å². The highest BCUT2D eigenvalue weighted by Crippen LogP contribution is 2.21. The third-order valence-corrected chi connectivity index (χ3v) is 3.35. The average molecular weight is 266 g/mol. The van der Waals surface area contributed by atoms with Crippen molar-refractivity contribution in [2.45, 2.75) is 59.8 Å². The number of carbonyl (C=O) groups excluding carboxylic acids is 1. The van der Waals surface area contributed by atoms with Crippen molar-refractivity contribution in [3.63, 3.8) is 0 Å². The van der Waals surface area contributed by atoms with Crippen molar-refractivity contribution in [1.29, 1.82) is 0 Å². The van der Waals surface area contributed by atoms with E-state index in [1.54, 1.807) is 0 Å². The maximum atomic E-state index is 12.2. The zero-order chi connectivity index (χ0) is 14.3. The van der Waals surface area contributed by atoms with Gasteiger partial charge >= 0.3 is 6.03 Å². The van der Waals surface area contributed by atoms with Crippen molar-refractivity contribution in [2.75, 3.05) is 13.1 Å². The van der Waals surface area contributed by atoms with Crippen LogP contribution in [0.25, 0.3) is 0 Å². The molecule has 2 amide bonds. The molecule has 0 unspecified atom stereocenters. The van der Waals surface area contributed by atoms with Gasteiger partial charge < -0.3 is 10.2 Å². The van der Waals surface area contributed by atoms with Crippen molar-refractivity contribution >= 4 is 6.03 Å². The zero-order valence-corrected chi connectivity index (χ0v) is 13.0. The van der Waals surface area contributed by atoms with Crippen LogP contribution in [-0.4, -0.2) is 24.0 Å². The van der Waals surface area contributed by atoms with Crippen LogP contribution in [0.1, 0.15) is 59.8 Å². The van der Waals surface area contributed by atoms with Crippen LogP contribution in [0, 0.1) is 11.8 Å². The van der Waals surface area contributed by atoms with Gasteiger partial charge in [-0.2, -0.15) is 0 Å². The fourth-order valence-electron chi connectivity index (χ4n) is 2.53. The van der Waals surface area contributed by atoms with Crippen molar-refractivity contribution in [3.05, 3.63) is 11.8 Å². The summed E-state index contributed by atoms with van der Waals surface area (Å²) in [5.41, 5.74) is 1.40. The van der Waals surface area contributed by atoms with Gasteiger partial charge in [-0.3, -0.25) is 0 Å². The van der Waals surface area contributed by atoms with Crippen LogP contribution in [0.5, 0.6) is 0 Å². The number of hydrogen-bond donors (Lipinski definition) is 1. The van der Waals surface area contributed by atoms with Crippen molar-refractivity contribution in [2.24, 2.45) is 11.8 Å². The van der Waals surface area contributed by atoms with E-state index in [4.69, 9.17) is 0 Å². The summed E-state index contributed by atoms with van der Waals surface area (Å²) >= 11 is 0. The molecule has 1 aliphatic carbocycles. The first kappa shape index (κ1) is 16.1. The smallest absolute Gasteiger partial charge is 0.321 e. The van der Waals surface area contributed by atoms with E-state index >= 15 is 0 Å². The van der Waals surface area contributed by atoms with Crippen LogP contribution in [0.15, 0.2) is 11.8 Å². The Kier molecular flexibility index (Phi) is 6.96. The topological polar surface area (TPSA) is 32.3 Å². The number of urea groups is 1. The van der Waals surface area contributed by atoms with Gasteiger partial charge in [-0.15, -0.1) is 0 Å². The van der Waals surface area contributed by atoms with Crippen LogP contribution in [0.2, 0.25) is 0 Å². The lowest BCUT2D eigenvalue weighted by Gasteiger charge is -2.26. The van der Waals surface area contributed by atoms with E-state index in [1.807, 2.05) is 11.1 Å². The Bertz CT molecular complexity index is 290. The quantitative estimate of drug-likeness (QED) is 0.796. The van der Waals surface area contributed by atoms with E-state index in [0.29, 0.717) is 11.8 Å². The number of rotatable bonds is 5. The molecular formula is C16H30N2O. The predicted molar refractivity (Wildman–Crippen MR) is 80.9 cm³/mol. The summed E-state index contributed by atoms with van der Waals surface area (Å²) in [6, 6.07) is 0.0560. The maximum Gasteiger partial charge on any atom is 0.321 e. The lowest BCUT2D eigenvalue weighted by Crippen LogP contribution is -2.42. The van der Waals surface area contributed by atoms with Crippen LogP contribution in [0.4, 0.5) is 4.79 Å². The molecule has 1 fully saturated rings. The number of carbonyl (C=O) groups is 1. The van der Waals surface area contributed by atoms with E-state index < -0.39 is 0 Å². The Balaban J connectivity index is 2.50. The summed E-state index contributed by atoms with van der Waals surface area (Å²) in [6.45, 7) is 10.3. The first-order valence-electron chi connectivity index (χ1n) is 7.72. The van der Waals surface area contributed by atoms with Gasteiger partial charge in [0.15, 0.2) is 0 Å². The van der Waals surface area contributed by atoms with Gasteiger partial charge in [-0.25, -0.2) is 4.79 Å². The summed E-state index contributed by atoms with van der Waals surface area (Å²) in [5.74, 6) is 1.01. The van der Waals surface area contributed by atoms with Crippen LogP contribution < -0.4 is 5.32 Å². The van der Waals surface area contributed by atoms with Gasteiger partial charge in [0.2, 0.25) is 0 Å². The minimum atomic E-state index is 0.0560. The summed E-state index contributed by atoms with van der Waals surface area (Å²) < 4.78 is 0. The van der Waals surface area contributed by atoms with Crippen molar-refractivity contribution in [3.8, 4) is 0 Å². The largest absolute Gasteiger partial charge is 0.324 e. The van der Waals surface area contributed by atoms with Gasteiger partial charge in [0.25, 0.3) is 0 Å². The lowest BCUT2D eigenvalue weighted by atomic mass is 9.96. The molecule has 3 nitrogen and oxygen atoms in total. The number of nitrogens with zero attached hydrogens (tertiary/aromatic N) is 1. The minimum absolute atomic E-state index is 0.0560. The third-order valence-electron chi connectivity index (χ3n) is 3.35. The molecule has 1 saturated carbocycles. The summed E-state index contributed by atoms with van der Waals surface area (Å²) in [5, 5.41) is 2.99. The third kappa shape index (κ3) is 6.65. The molecule has 1 N–H and O–H groups in total. The molecule has 0 bridgehead atoms. The molecular weight excluding hydrogens is 236 g/mol. The standard InChI is InChI=1S/C16H30N2O/c1-13(2)11-18(12-14(3)4)16(19)17-10-15-8-6-5-7-9-15/h10,13-14H,5-9,11-12H2,1-4H3,(H,17,19). The molecule has 19 heavy (non-hydrogen) atoms. The van der Waals surface area contributed by atoms with E-state index in [0.717, 1.165) is 25.9 Å². The Labute approximate surface area is 118 Å². The number of hydrogen-bond acceptors (Lipinski definition) is 1. The molecule has 1 aliphatic rings. The number of nitrogens with one attached hydrogen (secondary N) is 1. The molecule has 0 radical (unpaired) electrons. The molecule has 0 atom stereocenters. The van der Waals surface area contributed by atoms with Crippen LogP contribution >= 0.6 is 0 Å². The highest BCUT2D eigenvalue weighted by atomic mass is 16.2. The second-order valence-electron chi connectivity index (χ2n) is 6.51. The minimum Gasteiger partial charge on any atom is -0.324 e. The second-order valence-corrected chi connectivity index (χ2v) is 6.51. The highest BCUT2D eigenvalue weighted by Gasteiger charge is 2.15. The molecule has 0 spiro atoms. The van der Waals surface area contributed by atoms with E-state index in [9.17, 15) is 4.79 Å². The SMILES string of the molecule is CC(C)CN(CC(C)C)C(=O)NC=C1CCCCC1. The Morgan fingerprint density at radius 1 is 1.11 bits per heavy atom. The average Bonchev–Trinajstić information content (AvgIpc) is 2.35. The van der Waals surface area contributed by atoms with E-state index in [2.05, 4.69) is 33.0 Å². The summed E-state index contributed by atoms with van der Waals surface area (Å²) in [4.78, 5) is 14.2. The van der Waals surface area contributed by atoms with Crippen LogP contribution in [0.3, 0.4) is 0 Å². The molecule has 110 valence electrons. The molecule has 1 rings (SSSR count). The van der Waals surface area contributed by atoms with Gasteiger partial charge in [0, 0.05) is 19.3 Å². The molecule has 0 aliphatic heterocycles. The zero-order valence-electron chi connectivity index (χ0n) is 13.0. The Hall–Kier alpha value is -0.990. The van der Waals surface area contributed by atoms with Gasteiger partial charge in [0.05, 0.1) is 0 Å². The monoisotopic (exact) mass is 266 g/mol. The molecule has 0 aromatic carbocycles. The van der Waals surface area contributed by atoms with E-state index in [-0.39, 0.29) is 6.03 Å². The first-order valence-corrected chi connectivity index (χ1v) is 7.72. The molecule has 0 saturated heterocycles. The molecule has 0 aromatic rings. The fraction of sp³-hybridized carbons (Fsp3) is 0.812. The summed E-state index contributed by atoms with van der Waals surface area (Å²) in [7, 11) is 0. The van der Waals surface area contributed by atoms with Crippen molar-refractivity contribution in [1.82, 2.24) is 10.2 Å². The van der Waals surface area contributed by atoms with Crippen molar-refractivity contribution < 1.29 is 4.79 Å². The van der Waals surface area contributed by atoms with Gasteiger partial charge in [0.1, 0.15) is 0 Å². The molecule has 0 heterocycles. The van der Waals surface area contributed by atoms with Crippen LogP contribution in [-0.2, 0) is 0 Å². The number of amides is 2. The Morgan fingerprint density at radius 3 is 2.11 bits per heavy atom. The number of allylic oxidation sites excluding steroid dienone is 1. The normalized spacial score (nSPS) is 15.8. The maximum absolute atomic E-state index is 12.2. The lowest BCUT2D eigenvalue weighted by molar-refractivity contribution is 0.186. The predicted octanol–water partition coefficient (Wildman–Crippen LogP) is 4.16.